The van der Waals surface area contributed by atoms with E-state index in [9.17, 15) is 4.79 Å². The molecule has 0 aromatic rings. The van der Waals surface area contributed by atoms with E-state index >= 15 is 0 Å². The zero-order valence-electron chi connectivity index (χ0n) is 6.59. The van der Waals surface area contributed by atoms with E-state index in [0.717, 1.165) is 17.8 Å². The van der Waals surface area contributed by atoms with Crippen LogP contribution in [0.4, 0.5) is 0 Å². The highest BCUT2D eigenvalue weighted by Crippen LogP contribution is 2.20. The maximum atomic E-state index is 10.3. The van der Waals surface area contributed by atoms with Crippen molar-refractivity contribution in [3.05, 3.63) is 23.4 Å². The van der Waals surface area contributed by atoms with Crippen molar-refractivity contribution in [1.29, 1.82) is 0 Å². The van der Waals surface area contributed by atoms with Gasteiger partial charge in [0.25, 0.3) is 0 Å². The molecular formula is C8H10O3. The Hall–Kier alpha value is -1.25. The van der Waals surface area contributed by atoms with E-state index in [-0.39, 0.29) is 0 Å². The molecule has 3 heteroatoms. The largest absolute Gasteiger partial charge is 0.497 e. The number of hydrogen-bond donors (Lipinski definition) is 0. The molecule has 60 valence electrons. The molecule has 0 fully saturated rings. The molecule has 0 unspecified atom stereocenters. The zero-order valence-corrected chi connectivity index (χ0v) is 6.59. The first-order chi connectivity index (χ1) is 5.27. The molecule has 0 saturated carbocycles. The number of allylic oxidation sites excluding steroid dienone is 2. The first kappa shape index (κ1) is 7.85. The summed E-state index contributed by atoms with van der Waals surface area (Å²) in [6.45, 7) is 1.80. The zero-order chi connectivity index (χ0) is 8.27. The molecular weight excluding hydrogens is 144 g/mol. The van der Waals surface area contributed by atoms with Crippen LogP contribution in [0.1, 0.15) is 13.3 Å². The molecule has 0 aromatic carbocycles. The fourth-order valence-electron chi connectivity index (χ4n) is 0.867. The fourth-order valence-corrected chi connectivity index (χ4v) is 0.867. The molecule has 0 aliphatic carbocycles. The molecule has 1 aliphatic rings. The minimum Gasteiger partial charge on any atom is -0.497 e. The topological polar surface area (TPSA) is 35.5 Å². The van der Waals surface area contributed by atoms with Crippen LogP contribution in [0.25, 0.3) is 0 Å². The van der Waals surface area contributed by atoms with Crippen LogP contribution < -0.4 is 0 Å². The van der Waals surface area contributed by atoms with Gasteiger partial charge in [0.2, 0.25) is 0 Å². The SMILES string of the molecule is COC1=C(C)OC=C(C=O)C1. The van der Waals surface area contributed by atoms with Crippen molar-refractivity contribution in [2.75, 3.05) is 7.11 Å². The third-order valence-electron chi connectivity index (χ3n) is 1.54. The van der Waals surface area contributed by atoms with Crippen molar-refractivity contribution >= 4 is 6.29 Å². The van der Waals surface area contributed by atoms with Crippen LogP contribution in [-0.4, -0.2) is 13.4 Å². The van der Waals surface area contributed by atoms with Gasteiger partial charge < -0.3 is 9.47 Å². The summed E-state index contributed by atoms with van der Waals surface area (Å²) >= 11 is 0. The summed E-state index contributed by atoms with van der Waals surface area (Å²) in [6.07, 6.45) is 2.75. The van der Waals surface area contributed by atoms with Crippen LogP contribution in [0.15, 0.2) is 23.4 Å². The Morgan fingerprint density at radius 3 is 3.00 bits per heavy atom. The van der Waals surface area contributed by atoms with Gasteiger partial charge in [0.05, 0.1) is 13.4 Å². The third-order valence-corrected chi connectivity index (χ3v) is 1.54. The molecule has 11 heavy (non-hydrogen) atoms. The minimum absolute atomic E-state index is 0.534. The molecule has 1 heterocycles. The Labute approximate surface area is 65.3 Å². The van der Waals surface area contributed by atoms with Gasteiger partial charge in [-0.05, 0) is 6.92 Å². The Kier molecular flexibility index (Phi) is 2.31. The van der Waals surface area contributed by atoms with Crippen LogP contribution in [0.5, 0.6) is 0 Å². The molecule has 0 N–H and O–H groups in total. The Morgan fingerprint density at radius 1 is 1.73 bits per heavy atom. The lowest BCUT2D eigenvalue weighted by Crippen LogP contribution is -2.02. The number of aldehydes is 1. The average Bonchev–Trinajstić information content (AvgIpc) is 2.05. The quantitative estimate of drug-likeness (QED) is 0.563. The minimum atomic E-state index is 0.534. The van der Waals surface area contributed by atoms with Crippen LogP contribution in [0.2, 0.25) is 0 Å². The number of hydrogen-bond acceptors (Lipinski definition) is 3. The summed E-state index contributed by atoms with van der Waals surface area (Å²) in [5.74, 6) is 1.44. The number of rotatable bonds is 2. The van der Waals surface area contributed by atoms with Gasteiger partial charge in [-0.15, -0.1) is 0 Å². The van der Waals surface area contributed by atoms with Gasteiger partial charge in [-0.3, -0.25) is 4.79 Å². The predicted molar refractivity (Wildman–Crippen MR) is 39.6 cm³/mol. The lowest BCUT2D eigenvalue weighted by molar-refractivity contribution is -0.105. The van der Waals surface area contributed by atoms with Gasteiger partial charge in [0, 0.05) is 12.0 Å². The van der Waals surface area contributed by atoms with Crippen molar-refractivity contribution in [3.63, 3.8) is 0 Å². The van der Waals surface area contributed by atoms with Crippen LogP contribution >= 0.6 is 0 Å². The smallest absolute Gasteiger partial charge is 0.149 e. The Balaban J connectivity index is 2.72. The summed E-state index contributed by atoms with van der Waals surface area (Å²) < 4.78 is 10.0. The predicted octanol–water partition coefficient (Wildman–Crippen LogP) is 1.37. The lowest BCUT2D eigenvalue weighted by Gasteiger charge is -2.14. The highest BCUT2D eigenvalue weighted by Gasteiger charge is 2.12. The first-order valence-corrected chi connectivity index (χ1v) is 3.32. The van der Waals surface area contributed by atoms with Crippen molar-refractivity contribution in [2.24, 2.45) is 0 Å². The number of carbonyl (C=O) groups excluding carboxylic acids is 1. The summed E-state index contributed by atoms with van der Waals surface area (Å²) in [4.78, 5) is 10.3. The molecule has 0 bridgehead atoms. The van der Waals surface area contributed by atoms with E-state index in [1.165, 1.54) is 6.26 Å². The van der Waals surface area contributed by atoms with Crippen molar-refractivity contribution in [1.82, 2.24) is 0 Å². The second kappa shape index (κ2) is 3.23. The lowest BCUT2D eigenvalue weighted by atomic mass is 10.1. The summed E-state index contributed by atoms with van der Waals surface area (Å²) in [5, 5.41) is 0. The highest BCUT2D eigenvalue weighted by molar-refractivity contribution is 5.73. The van der Waals surface area contributed by atoms with Gasteiger partial charge in [-0.1, -0.05) is 0 Å². The standard InChI is InChI=1S/C8H10O3/c1-6-8(10-2)3-7(4-9)5-11-6/h4-5H,3H2,1-2H3. The highest BCUT2D eigenvalue weighted by atomic mass is 16.5. The number of carbonyl (C=O) groups is 1. The number of methoxy groups -OCH3 is 1. The van der Waals surface area contributed by atoms with Crippen molar-refractivity contribution in [2.45, 2.75) is 13.3 Å². The number of ether oxygens (including phenoxy) is 2. The van der Waals surface area contributed by atoms with Gasteiger partial charge >= 0.3 is 0 Å². The van der Waals surface area contributed by atoms with Crippen LogP contribution in [0.3, 0.4) is 0 Å². The van der Waals surface area contributed by atoms with Crippen molar-refractivity contribution < 1.29 is 14.3 Å². The molecule has 0 amide bonds. The molecule has 1 aliphatic heterocycles. The maximum absolute atomic E-state index is 10.3. The second-order valence-corrected chi connectivity index (χ2v) is 2.29. The van der Waals surface area contributed by atoms with Crippen LogP contribution in [0, 0.1) is 0 Å². The molecule has 0 spiro atoms. The van der Waals surface area contributed by atoms with Gasteiger partial charge in [-0.25, -0.2) is 0 Å². The van der Waals surface area contributed by atoms with E-state index in [2.05, 4.69) is 0 Å². The van der Waals surface area contributed by atoms with Gasteiger partial charge in [-0.2, -0.15) is 0 Å². The van der Waals surface area contributed by atoms with Crippen LogP contribution in [-0.2, 0) is 14.3 Å². The van der Waals surface area contributed by atoms with E-state index < -0.39 is 0 Å². The summed E-state index contributed by atoms with van der Waals surface area (Å²) in [6, 6.07) is 0. The Bertz CT molecular complexity index is 225. The van der Waals surface area contributed by atoms with Gasteiger partial charge in [0.1, 0.15) is 17.8 Å². The monoisotopic (exact) mass is 154 g/mol. The Morgan fingerprint density at radius 2 is 2.45 bits per heavy atom. The molecule has 0 saturated heterocycles. The average molecular weight is 154 g/mol. The van der Waals surface area contributed by atoms with E-state index in [1.807, 2.05) is 0 Å². The third kappa shape index (κ3) is 1.61. The first-order valence-electron chi connectivity index (χ1n) is 3.32. The summed E-state index contributed by atoms with van der Waals surface area (Å²) in [5.41, 5.74) is 0.604. The molecule has 0 atom stereocenters. The fraction of sp³-hybridized carbons (Fsp3) is 0.375. The normalized spacial score (nSPS) is 17.1. The van der Waals surface area contributed by atoms with E-state index in [1.54, 1.807) is 14.0 Å². The second-order valence-electron chi connectivity index (χ2n) is 2.29. The molecule has 1 rings (SSSR count). The van der Waals surface area contributed by atoms with Gasteiger partial charge in [0.15, 0.2) is 0 Å². The maximum Gasteiger partial charge on any atom is 0.149 e. The van der Waals surface area contributed by atoms with E-state index in [0.29, 0.717) is 12.0 Å². The molecule has 0 aromatic heterocycles. The molecule has 0 radical (unpaired) electrons. The van der Waals surface area contributed by atoms with Crippen molar-refractivity contribution in [3.8, 4) is 0 Å². The molecule has 3 nitrogen and oxygen atoms in total. The van der Waals surface area contributed by atoms with E-state index in [4.69, 9.17) is 9.47 Å². The summed E-state index contributed by atoms with van der Waals surface area (Å²) in [7, 11) is 1.57.